The number of hydrogen-bond donors (Lipinski definition) is 0. The zero-order valence-corrected chi connectivity index (χ0v) is 18.4. The number of amides is 1. The highest BCUT2D eigenvalue weighted by molar-refractivity contribution is 5.93. The minimum absolute atomic E-state index is 0.100. The van der Waals surface area contributed by atoms with Crippen molar-refractivity contribution in [2.45, 2.75) is 20.0 Å². The van der Waals surface area contributed by atoms with Crippen LogP contribution in [0.5, 0.6) is 5.75 Å². The monoisotopic (exact) mass is 439 g/mol. The van der Waals surface area contributed by atoms with Crippen molar-refractivity contribution in [3.63, 3.8) is 0 Å². The van der Waals surface area contributed by atoms with Crippen LogP contribution in [0.25, 0.3) is 11.3 Å². The summed E-state index contributed by atoms with van der Waals surface area (Å²) < 4.78 is 6.79. The number of aromatic nitrogens is 2. The molecule has 4 rings (SSSR count). The van der Waals surface area contributed by atoms with Crippen molar-refractivity contribution in [3.05, 3.63) is 113 Å². The van der Waals surface area contributed by atoms with E-state index in [0.717, 1.165) is 22.6 Å². The maximum Gasteiger partial charge on any atom is 0.254 e. The molecule has 0 aliphatic carbocycles. The Bertz CT molecular complexity index is 1250. The summed E-state index contributed by atoms with van der Waals surface area (Å²) in [4.78, 5) is 32.1. The van der Waals surface area contributed by atoms with E-state index in [9.17, 15) is 9.59 Å². The van der Waals surface area contributed by atoms with E-state index in [4.69, 9.17) is 4.74 Å². The van der Waals surface area contributed by atoms with E-state index < -0.39 is 0 Å². The maximum atomic E-state index is 13.2. The summed E-state index contributed by atoms with van der Waals surface area (Å²) in [7, 11) is 0. The second kappa shape index (κ2) is 10.4. The molecule has 166 valence electrons. The number of rotatable bonds is 8. The summed E-state index contributed by atoms with van der Waals surface area (Å²) in [6, 6.07) is 28.1. The SMILES string of the molecule is CCOc1ccc(-c2cc(=O)n(CC(=O)N(Cc3ccccc3)c3ccccc3)cn2)cc1. The van der Waals surface area contributed by atoms with Gasteiger partial charge in [-0.2, -0.15) is 0 Å². The van der Waals surface area contributed by atoms with E-state index in [0.29, 0.717) is 18.8 Å². The summed E-state index contributed by atoms with van der Waals surface area (Å²) in [6.45, 7) is 2.83. The van der Waals surface area contributed by atoms with E-state index in [1.807, 2.05) is 91.9 Å². The highest BCUT2D eigenvalue weighted by atomic mass is 16.5. The fourth-order valence-corrected chi connectivity index (χ4v) is 3.52. The number of ether oxygens (including phenoxy) is 1. The first-order valence-electron chi connectivity index (χ1n) is 10.8. The van der Waals surface area contributed by atoms with E-state index in [1.165, 1.54) is 17.0 Å². The third-order valence-corrected chi connectivity index (χ3v) is 5.20. The van der Waals surface area contributed by atoms with Gasteiger partial charge in [-0.3, -0.25) is 14.2 Å². The van der Waals surface area contributed by atoms with Gasteiger partial charge in [0.15, 0.2) is 0 Å². The van der Waals surface area contributed by atoms with Crippen molar-refractivity contribution in [2.24, 2.45) is 0 Å². The molecule has 0 saturated heterocycles. The molecule has 0 fully saturated rings. The molecule has 1 amide bonds. The molecular formula is C27H25N3O3. The first-order valence-corrected chi connectivity index (χ1v) is 10.8. The normalized spacial score (nSPS) is 10.6. The molecule has 0 radical (unpaired) electrons. The lowest BCUT2D eigenvalue weighted by Gasteiger charge is -2.23. The highest BCUT2D eigenvalue weighted by Crippen LogP contribution is 2.20. The van der Waals surface area contributed by atoms with Crippen LogP contribution in [-0.4, -0.2) is 22.1 Å². The molecule has 0 aliphatic heterocycles. The predicted octanol–water partition coefficient (Wildman–Crippen LogP) is 4.54. The molecule has 6 heteroatoms. The van der Waals surface area contributed by atoms with Crippen molar-refractivity contribution in [1.29, 1.82) is 0 Å². The molecule has 3 aromatic carbocycles. The molecule has 1 aromatic heterocycles. The van der Waals surface area contributed by atoms with Crippen LogP contribution < -0.4 is 15.2 Å². The van der Waals surface area contributed by atoms with Gasteiger partial charge in [-0.25, -0.2) is 4.98 Å². The molecule has 6 nitrogen and oxygen atoms in total. The van der Waals surface area contributed by atoms with Crippen molar-refractivity contribution >= 4 is 11.6 Å². The molecule has 0 bridgehead atoms. The van der Waals surface area contributed by atoms with Gasteiger partial charge in [0.2, 0.25) is 5.91 Å². The number of carbonyl (C=O) groups is 1. The molecule has 0 atom stereocenters. The number of carbonyl (C=O) groups excluding carboxylic acids is 1. The Morgan fingerprint density at radius 1 is 0.939 bits per heavy atom. The summed E-state index contributed by atoms with van der Waals surface area (Å²) in [6.07, 6.45) is 1.43. The van der Waals surface area contributed by atoms with Gasteiger partial charge in [0, 0.05) is 17.3 Å². The van der Waals surface area contributed by atoms with E-state index in [1.54, 1.807) is 4.90 Å². The van der Waals surface area contributed by atoms with Gasteiger partial charge >= 0.3 is 0 Å². The molecule has 0 aliphatic rings. The second-order valence-corrected chi connectivity index (χ2v) is 7.50. The fraction of sp³-hybridized carbons (Fsp3) is 0.148. The third kappa shape index (κ3) is 5.54. The fourth-order valence-electron chi connectivity index (χ4n) is 3.52. The van der Waals surface area contributed by atoms with Crippen LogP contribution in [0.3, 0.4) is 0 Å². The minimum atomic E-state index is -0.282. The third-order valence-electron chi connectivity index (χ3n) is 5.20. The lowest BCUT2D eigenvalue weighted by molar-refractivity contribution is -0.119. The summed E-state index contributed by atoms with van der Waals surface area (Å²) >= 11 is 0. The van der Waals surface area contributed by atoms with Crippen molar-refractivity contribution in [2.75, 3.05) is 11.5 Å². The van der Waals surface area contributed by atoms with Crippen LogP contribution in [0.4, 0.5) is 5.69 Å². The van der Waals surface area contributed by atoms with Gasteiger partial charge in [0.25, 0.3) is 5.56 Å². The molecular weight excluding hydrogens is 414 g/mol. The van der Waals surface area contributed by atoms with Gasteiger partial charge < -0.3 is 9.64 Å². The first-order chi connectivity index (χ1) is 16.1. The van der Waals surface area contributed by atoms with E-state index >= 15 is 0 Å². The Morgan fingerprint density at radius 3 is 2.24 bits per heavy atom. The Kier molecular flexibility index (Phi) is 6.95. The minimum Gasteiger partial charge on any atom is -0.494 e. The lowest BCUT2D eigenvalue weighted by Crippen LogP contribution is -2.36. The van der Waals surface area contributed by atoms with Gasteiger partial charge in [-0.1, -0.05) is 48.5 Å². The largest absolute Gasteiger partial charge is 0.494 e. The summed E-state index contributed by atoms with van der Waals surface area (Å²) in [5, 5.41) is 0. The van der Waals surface area contributed by atoms with Crippen molar-refractivity contribution < 1.29 is 9.53 Å². The topological polar surface area (TPSA) is 64.4 Å². The number of para-hydroxylation sites is 1. The number of nitrogens with zero attached hydrogens (tertiary/aromatic N) is 3. The quantitative estimate of drug-likeness (QED) is 0.404. The van der Waals surface area contributed by atoms with Gasteiger partial charge in [0.05, 0.1) is 25.2 Å². The van der Waals surface area contributed by atoms with Gasteiger partial charge in [-0.05, 0) is 48.9 Å². The van der Waals surface area contributed by atoms with Crippen LogP contribution in [0, 0.1) is 0 Å². The summed E-state index contributed by atoms with van der Waals surface area (Å²) in [5.41, 5.74) is 2.86. The van der Waals surface area contributed by atoms with Crippen molar-refractivity contribution in [1.82, 2.24) is 9.55 Å². The molecule has 0 unspecified atom stereocenters. The van der Waals surface area contributed by atoms with Crippen LogP contribution in [0.1, 0.15) is 12.5 Å². The van der Waals surface area contributed by atoms with Gasteiger partial charge in [-0.15, -0.1) is 0 Å². The second-order valence-electron chi connectivity index (χ2n) is 7.50. The molecule has 0 N–H and O–H groups in total. The maximum absolute atomic E-state index is 13.2. The lowest BCUT2D eigenvalue weighted by atomic mass is 10.1. The molecule has 4 aromatic rings. The zero-order valence-electron chi connectivity index (χ0n) is 18.4. The zero-order chi connectivity index (χ0) is 23.0. The standard InChI is InChI=1S/C27H25N3O3/c1-2-33-24-15-13-22(14-16-24)25-17-26(31)29(20-28-25)19-27(32)30(23-11-7-4-8-12-23)18-21-9-5-3-6-10-21/h3-17,20H,2,18-19H2,1H3. The molecule has 0 spiro atoms. The Hall–Kier alpha value is -4.19. The molecule has 1 heterocycles. The van der Waals surface area contributed by atoms with E-state index in [2.05, 4.69) is 4.98 Å². The average molecular weight is 440 g/mol. The highest BCUT2D eigenvalue weighted by Gasteiger charge is 2.17. The Morgan fingerprint density at radius 2 is 1.61 bits per heavy atom. The Balaban J connectivity index is 1.54. The summed E-state index contributed by atoms with van der Waals surface area (Å²) in [5.74, 6) is 0.572. The van der Waals surface area contributed by atoms with Crippen LogP contribution >= 0.6 is 0 Å². The molecule has 0 saturated carbocycles. The average Bonchev–Trinajstić information content (AvgIpc) is 2.85. The number of benzene rings is 3. The van der Waals surface area contributed by atoms with Crippen LogP contribution in [0.15, 0.2) is 102 Å². The van der Waals surface area contributed by atoms with Gasteiger partial charge in [0.1, 0.15) is 12.3 Å². The Labute approximate surface area is 192 Å². The number of anilines is 1. The first kappa shape index (κ1) is 22.0. The number of hydrogen-bond acceptors (Lipinski definition) is 4. The van der Waals surface area contributed by atoms with Crippen LogP contribution in [0.2, 0.25) is 0 Å². The predicted molar refractivity (Wildman–Crippen MR) is 129 cm³/mol. The molecule has 33 heavy (non-hydrogen) atoms. The smallest absolute Gasteiger partial charge is 0.254 e. The van der Waals surface area contributed by atoms with E-state index in [-0.39, 0.29) is 18.0 Å². The van der Waals surface area contributed by atoms with Crippen molar-refractivity contribution in [3.8, 4) is 17.0 Å². The van der Waals surface area contributed by atoms with Crippen LogP contribution in [-0.2, 0) is 17.9 Å².